The van der Waals surface area contributed by atoms with Crippen molar-refractivity contribution in [1.29, 1.82) is 0 Å². The van der Waals surface area contributed by atoms with Crippen molar-refractivity contribution in [2.24, 2.45) is 0 Å². The Morgan fingerprint density at radius 2 is 0.863 bits per heavy atom. The van der Waals surface area contributed by atoms with Gasteiger partial charge in [0.05, 0.1) is 74.6 Å². The molecule has 3 heteroatoms. The lowest BCUT2D eigenvalue weighted by Gasteiger charge is -2.15. The largest absolute Gasteiger partial charge is 0.309 e. The molecular weight excluding hydrogens is 619 g/mol. The van der Waals surface area contributed by atoms with E-state index >= 15 is 0 Å². The fraction of sp³-hybridized carbons (Fsp3) is 0. The lowest BCUT2D eigenvalue weighted by molar-refractivity contribution is 1.14. The van der Waals surface area contributed by atoms with Crippen LogP contribution < -0.4 is 0 Å². The number of hydrogen-bond donors (Lipinski definition) is 0. The summed E-state index contributed by atoms with van der Waals surface area (Å²) in [5.41, 5.74) is -2.37. The van der Waals surface area contributed by atoms with Crippen molar-refractivity contribution in [2.75, 3.05) is 0 Å². The topological polar surface area (TPSA) is 14.8 Å². The van der Waals surface area contributed by atoms with E-state index in [1.54, 1.807) is 24.3 Å². The van der Waals surface area contributed by atoms with Crippen LogP contribution in [0.1, 0.15) is 30.2 Å². The van der Waals surface area contributed by atoms with E-state index in [0.717, 1.165) is 14.7 Å². The molecule has 0 amide bonds. The molecule has 0 aliphatic carbocycles. The second-order valence-electron chi connectivity index (χ2n) is 11.7. The van der Waals surface area contributed by atoms with E-state index in [0.29, 0.717) is 5.56 Å². The van der Waals surface area contributed by atoms with Gasteiger partial charge < -0.3 is 13.7 Å². The molecule has 51 heavy (non-hydrogen) atoms. The van der Waals surface area contributed by atoms with Crippen LogP contribution in [-0.2, 0) is 0 Å². The number of rotatable bonds is 4. The molecule has 3 aromatic heterocycles. The van der Waals surface area contributed by atoms with E-state index in [9.17, 15) is 16.4 Å². The number of nitrogens with zero attached hydrogens (tertiary/aromatic N) is 3. The Morgan fingerprint density at radius 3 is 1.57 bits per heavy atom. The molecule has 3 heterocycles. The van der Waals surface area contributed by atoms with E-state index in [2.05, 4.69) is 0 Å². The minimum atomic E-state index is -0.927. The van der Waals surface area contributed by atoms with Crippen molar-refractivity contribution in [2.45, 2.75) is 0 Å². The summed E-state index contributed by atoms with van der Waals surface area (Å²) in [4.78, 5) is 0. The van der Waals surface area contributed by atoms with Crippen LogP contribution in [0.25, 0.3) is 93.6 Å². The van der Waals surface area contributed by atoms with Crippen molar-refractivity contribution < 1.29 is 30.2 Å². The summed E-state index contributed by atoms with van der Waals surface area (Å²) in [7, 11) is 0. The maximum absolute atomic E-state index is 9.85. The van der Waals surface area contributed by atoms with Crippen molar-refractivity contribution in [1.82, 2.24) is 13.7 Å². The van der Waals surface area contributed by atoms with Crippen LogP contribution in [0, 0.1) is 0 Å². The summed E-state index contributed by atoms with van der Waals surface area (Å²) in [6, 6.07) is -1.70. The summed E-state index contributed by atoms with van der Waals surface area (Å²) in [5.74, 6) is 0. The minimum Gasteiger partial charge on any atom is -0.309 e. The van der Waals surface area contributed by atoms with Crippen molar-refractivity contribution in [3.63, 3.8) is 0 Å². The molecule has 3 nitrogen and oxygen atoms in total. The zero-order chi connectivity index (χ0) is 52.6. The smallest absolute Gasteiger partial charge is 0.0782 e. The Bertz CT molecular complexity index is 4320. The molecule has 0 radical (unpaired) electrons. The van der Waals surface area contributed by atoms with E-state index in [1.165, 1.54) is 4.57 Å². The average Bonchev–Trinajstić information content (AvgIpc) is 4.05. The standard InChI is InChI=1S/C48H31N3/c1-2-15-32(16-3-1)33-17-12-18-34(31-33)49-43-27-11-7-22-39(43)47-44(49)28-14-29-45(47)51-42-26-10-6-21-37(42)38-23-13-30-46(48(38)51)50-40-24-8-4-19-35(40)36-20-5-9-25-41(36)50/h1-31H/i4D,5D,6D,7D,8D,9D,10D,11D,13D,14D,19D,20D,21D,22D,23D,24D,25D,26D,27D,28D,29D,30D. The second kappa shape index (κ2) is 10.8. The Labute approximate surface area is 325 Å². The maximum Gasteiger partial charge on any atom is 0.0782 e. The van der Waals surface area contributed by atoms with Crippen molar-refractivity contribution >= 4 is 65.4 Å². The summed E-state index contributed by atoms with van der Waals surface area (Å²) in [6.07, 6.45) is 0. The van der Waals surface area contributed by atoms with Crippen LogP contribution in [-0.4, -0.2) is 13.7 Å². The first kappa shape index (κ1) is 14.2. The van der Waals surface area contributed by atoms with Gasteiger partial charge in [0.25, 0.3) is 0 Å². The molecule has 0 N–H and O–H groups in total. The zero-order valence-corrected chi connectivity index (χ0v) is 26.0. The third-order valence-electron chi connectivity index (χ3n) is 9.09. The lowest BCUT2D eigenvalue weighted by Crippen LogP contribution is -2.01. The number of fused-ring (bicyclic) bond motifs is 9. The molecule has 0 bridgehead atoms. The molecule has 11 aromatic rings. The summed E-state index contributed by atoms with van der Waals surface area (Å²) < 4.78 is 206. The maximum atomic E-state index is 9.85. The molecule has 0 spiro atoms. The van der Waals surface area contributed by atoms with Crippen LogP contribution >= 0.6 is 0 Å². The Hall–Kier alpha value is -6.84. The van der Waals surface area contributed by atoms with Gasteiger partial charge in [0.15, 0.2) is 0 Å². The monoisotopic (exact) mass is 671 g/mol. The van der Waals surface area contributed by atoms with Gasteiger partial charge in [-0.3, -0.25) is 0 Å². The first-order valence-corrected chi connectivity index (χ1v) is 15.7. The van der Waals surface area contributed by atoms with Gasteiger partial charge in [-0.1, -0.05) is 133 Å². The first-order valence-electron chi connectivity index (χ1n) is 26.7. The summed E-state index contributed by atoms with van der Waals surface area (Å²) >= 11 is 0. The van der Waals surface area contributed by atoms with Gasteiger partial charge in [0.1, 0.15) is 0 Å². The molecule has 0 aliphatic heterocycles. The van der Waals surface area contributed by atoms with E-state index in [1.807, 2.05) is 30.3 Å². The van der Waals surface area contributed by atoms with Gasteiger partial charge in [-0.25, -0.2) is 0 Å². The molecule has 0 unspecified atom stereocenters. The average molecular weight is 672 g/mol. The summed E-state index contributed by atoms with van der Waals surface area (Å²) in [6.45, 7) is 0. The van der Waals surface area contributed by atoms with E-state index in [-0.39, 0.29) is 27.5 Å². The van der Waals surface area contributed by atoms with Gasteiger partial charge in [-0.05, 0) is 65.6 Å². The highest BCUT2D eigenvalue weighted by Gasteiger charge is 2.23. The molecule has 8 aromatic carbocycles. The van der Waals surface area contributed by atoms with Crippen LogP contribution in [0.4, 0.5) is 0 Å². The molecule has 238 valence electrons. The summed E-state index contributed by atoms with van der Waals surface area (Å²) in [5, 5.41) is -2.54. The van der Waals surface area contributed by atoms with Crippen LogP contribution in [0.3, 0.4) is 0 Å². The third kappa shape index (κ3) is 4.00. The van der Waals surface area contributed by atoms with Crippen molar-refractivity contribution in [3.05, 3.63) is 188 Å². The zero-order valence-electron chi connectivity index (χ0n) is 48.0. The Kier molecular flexibility index (Phi) is 3.01. The second-order valence-corrected chi connectivity index (χ2v) is 11.7. The minimum absolute atomic E-state index is 0.224. The van der Waals surface area contributed by atoms with Gasteiger partial charge in [-0.2, -0.15) is 0 Å². The van der Waals surface area contributed by atoms with Crippen LogP contribution in [0.5, 0.6) is 0 Å². The highest BCUT2D eigenvalue weighted by atomic mass is 15.1. The molecule has 0 aliphatic rings. The number of hydrogen-bond acceptors (Lipinski definition) is 0. The fourth-order valence-corrected chi connectivity index (χ4v) is 7.02. The molecule has 0 fully saturated rings. The van der Waals surface area contributed by atoms with Crippen LogP contribution in [0.15, 0.2) is 188 Å². The number of para-hydroxylation sites is 5. The predicted octanol–water partition coefficient (Wildman–Crippen LogP) is 12.6. The van der Waals surface area contributed by atoms with Gasteiger partial charge in [0.2, 0.25) is 0 Å². The lowest BCUT2D eigenvalue weighted by atomic mass is 10.1. The number of aromatic nitrogens is 3. The normalized spacial score (nSPS) is 18.0. The van der Waals surface area contributed by atoms with Gasteiger partial charge in [0, 0.05) is 38.0 Å². The highest BCUT2D eigenvalue weighted by molar-refractivity contribution is 6.18. The van der Waals surface area contributed by atoms with Crippen molar-refractivity contribution in [3.8, 4) is 28.2 Å². The highest BCUT2D eigenvalue weighted by Crippen LogP contribution is 2.43. The SMILES string of the molecule is [2H]c1c([2H])c([2H])c2c(c1[2H])c1c(-n3c4c([2H])c([2H])c([2H])c([2H])c4c4c([2H])c([2H])c([2H])c(-n5c6c([2H])c([2H])c([2H])c([2H])c6c6c([2H])c([2H])c([2H])c([2H])c65)c43)c([2H])c([2H])c([2H])c1n2-c1cccc(-c2ccccc2)c1. The number of benzene rings is 8. The Morgan fingerprint density at radius 1 is 0.353 bits per heavy atom. The fourth-order valence-electron chi connectivity index (χ4n) is 7.02. The molecular formula is C48H31N3. The Balaban J connectivity index is 1.50. The van der Waals surface area contributed by atoms with Crippen LogP contribution in [0.2, 0.25) is 0 Å². The third-order valence-corrected chi connectivity index (χ3v) is 9.09. The van der Waals surface area contributed by atoms with E-state index in [4.69, 9.17) is 13.7 Å². The van der Waals surface area contributed by atoms with Gasteiger partial charge >= 0.3 is 0 Å². The molecule has 0 saturated carbocycles. The first-order chi connectivity index (χ1) is 34.5. The van der Waals surface area contributed by atoms with Gasteiger partial charge in [-0.15, -0.1) is 0 Å². The molecule has 0 atom stereocenters. The van der Waals surface area contributed by atoms with E-state index < -0.39 is 188 Å². The predicted molar refractivity (Wildman–Crippen MR) is 215 cm³/mol. The quantitative estimate of drug-likeness (QED) is 0.177. The molecule has 0 saturated heterocycles. The molecule has 11 rings (SSSR count).